The monoisotopic (exact) mass is 381 g/mol. The number of nitriles is 1. The maximum absolute atomic E-state index is 12.2. The molecule has 0 bridgehead atoms. The smallest absolute Gasteiger partial charge is 0.251 e. The highest BCUT2D eigenvalue weighted by molar-refractivity contribution is 5.94. The van der Waals surface area contributed by atoms with E-state index in [-0.39, 0.29) is 24.9 Å². The molecule has 28 heavy (non-hydrogen) atoms. The van der Waals surface area contributed by atoms with Crippen molar-refractivity contribution < 1.29 is 19.4 Å². The third-order valence-electron chi connectivity index (χ3n) is 4.06. The van der Waals surface area contributed by atoms with Crippen LogP contribution in [0, 0.1) is 11.3 Å². The van der Waals surface area contributed by atoms with Gasteiger partial charge in [-0.3, -0.25) is 9.59 Å². The molecule has 0 fully saturated rings. The lowest BCUT2D eigenvalue weighted by Crippen LogP contribution is -2.46. The van der Waals surface area contributed by atoms with Crippen molar-refractivity contribution >= 4 is 11.8 Å². The van der Waals surface area contributed by atoms with Gasteiger partial charge in [-0.2, -0.15) is 5.26 Å². The van der Waals surface area contributed by atoms with Gasteiger partial charge in [0.2, 0.25) is 0 Å². The van der Waals surface area contributed by atoms with Crippen LogP contribution in [0.3, 0.4) is 0 Å². The second kappa shape index (κ2) is 10.8. The Labute approximate surface area is 163 Å². The maximum atomic E-state index is 12.2. The second-order valence-electron chi connectivity index (χ2n) is 6.04. The summed E-state index contributed by atoms with van der Waals surface area (Å²) in [5.74, 6) is -0.633. The van der Waals surface area contributed by atoms with Crippen molar-refractivity contribution in [3.05, 3.63) is 71.3 Å². The van der Waals surface area contributed by atoms with Crippen molar-refractivity contribution in [2.24, 2.45) is 0 Å². The quantitative estimate of drug-likeness (QED) is 0.609. The van der Waals surface area contributed by atoms with Crippen LogP contribution < -0.4 is 10.6 Å². The van der Waals surface area contributed by atoms with E-state index in [0.29, 0.717) is 23.3 Å². The standard InChI is InChI=1S/C21H23N3O4/c1-2-28-19(14-24-21(27)17-10-8-15(12-22)9-11-17)18(25)13-23-20(26)16-6-4-3-5-7-16/h3-11,18-19,25H,2,13-14H2,1H3,(H,23,26)(H,24,27)/t18-,19+/m0/s1. The van der Waals surface area contributed by atoms with Gasteiger partial charge in [0.15, 0.2) is 0 Å². The van der Waals surface area contributed by atoms with Crippen molar-refractivity contribution in [1.29, 1.82) is 5.26 Å². The van der Waals surface area contributed by atoms with Gasteiger partial charge in [0.25, 0.3) is 11.8 Å². The molecule has 0 aliphatic heterocycles. The summed E-state index contributed by atoms with van der Waals surface area (Å²) in [6.45, 7) is 2.20. The van der Waals surface area contributed by atoms with Crippen LogP contribution in [0.25, 0.3) is 0 Å². The first-order chi connectivity index (χ1) is 13.5. The van der Waals surface area contributed by atoms with Crippen molar-refractivity contribution in [1.82, 2.24) is 10.6 Å². The lowest BCUT2D eigenvalue weighted by molar-refractivity contribution is -0.0287. The van der Waals surface area contributed by atoms with Crippen molar-refractivity contribution in [2.75, 3.05) is 19.7 Å². The molecule has 146 valence electrons. The number of nitrogens with zero attached hydrogens (tertiary/aromatic N) is 1. The fourth-order valence-corrected chi connectivity index (χ4v) is 2.53. The van der Waals surface area contributed by atoms with Crippen LogP contribution in [0.2, 0.25) is 0 Å². The normalized spacial score (nSPS) is 12.5. The van der Waals surface area contributed by atoms with E-state index >= 15 is 0 Å². The van der Waals surface area contributed by atoms with Crippen LogP contribution in [0.4, 0.5) is 0 Å². The summed E-state index contributed by atoms with van der Waals surface area (Å²) in [5, 5.41) is 24.5. The van der Waals surface area contributed by atoms with Crippen LogP contribution in [-0.2, 0) is 4.74 Å². The van der Waals surface area contributed by atoms with Gasteiger partial charge in [0.05, 0.1) is 17.7 Å². The van der Waals surface area contributed by atoms with Gasteiger partial charge in [-0.1, -0.05) is 18.2 Å². The van der Waals surface area contributed by atoms with Crippen molar-refractivity contribution in [2.45, 2.75) is 19.1 Å². The summed E-state index contributed by atoms with van der Waals surface area (Å²) in [7, 11) is 0. The fourth-order valence-electron chi connectivity index (χ4n) is 2.53. The number of carbonyl (C=O) groups is 2. The number of hydrogen-bond acceptors (Lipinski definition) is 5. The van der Waals surface area contributed by atoms with E-state index in [2.05, 4.69) is 10.6 Å². The molecule has 0 heterocycles. The Kier molecular flexibility index (Phi) is 8.15. The Hall–Kier alpha value is -3.21. The van der Waals surface area contributed by atoms with Crippen LogP contribution >= 0.6 is 0 Å². The Morgan fingerprint density at radius 1 is 1.00 bits per heavy atom. The first-order valence-electron chi connectivity index (χ1n) is 8.96. The zero-order chi connectivity index (χ0) is 20.4. The molecule has 0 aliphatic rings. The van der Waals surface area contributed by atoms with E-state index in [1.54, 1.807) is 55.5 Å². The molecule has 0 saturated heterocycles. The average molecular weight is 381 g/mol. The molecule has 0 spiro atoms. The number of ether oxygens (including phenoxy) is 1. The zero-order valence-corrected chi connectivity index (χ0v) is 15.6. The molecule has 0 aromatic heterocycles. The topological polar surface area (TPSA) is 111 Å². The van der Waals surface area contributed by atoms with E-state index in [0.717, 1.165) is 0 Å². The molecule has 0 unspecified atom stereocenters. The van der Waals surface area contributed by atoms with Gasteiger partial charge in [0.1, 0.15) is 6.10 Å². The Balaban J connectivity index is 1.87. The molecule has 3 N–H and O–H groups in total. The third-order valence-corrected chi connectivity index (χ3v) is 4.06. The number of nitrogens with one attached hydrogen (secondary N) is 2. The summed E-state index contributed by atoms with van der Waals surface area (Å²) in [4.78, 5) is 24.3. The minimum Gasteiger partial charge on any atom is -0.388 e. The largest absolute Gasteiger partial charge is 0.388 e. The van der Waals surface area contributed by atoms with Crippen LogP contribution in [0.5, 0.6) is 0 Å². The van der Waals surface area contributed by atoms with E-state index in [9.17, 15) is 14.7 Å². The number of rotatable bonds is 9. The summed E-state index contributed by atoms with van der Waals surface area (Å²) in [6.07, 6.45) is -1.67. The highest BCUT2D eigenvalue weighted by atomic mass is 16.5. The third kappa shape index (κ3) is 6.20. The number of amides is 2. The van der Waals surface area contributed by atoms with Crippen LogP contribution in [0.1, 0.15) is 33.2 Å². The van der Waals surface area contributed by atoms with E-state index < -0.39 is 12.2 Å². The average Bonchev–Trinajstić information content (AvgIpc) is 2.75. The number of aliphatic hydroxyl groups excluding tert-OH is 1. The fraction of sp³-hybridized carbons (Fsp3) is 0.286. The zero-order valence-electron chi connectivity index (χ0n) is 15.6. The lowest BCUT2D eigenvalue weighted by atomic mass is 10.1. The summed E-state index contributed by atoms with van der Waals surface area (Å²) < 4.78 is 5.51. The van der Waals surface area contributed by atoms with Crippen LogP contribution in [0.15, 0.2) is 54.6 Å². The van der Waals surface area contributed by atoms with Gasteiger partial charge >= 0.3 is 0 Å². The first kappa shape index (κ1) is 21.1. The highest BCUT2D eigenvalue weighted by Crippen LogP contribution is 2.05. The summed E-state index contributed by atoms with van der Waals surface area (Å²) in [5.41, 5.74) is 1.37. The van der Waals surface area contributed by atoms with Crippen LogP contribution in [-0.4, -0.2) is 48.8 Å². The molecule has 7 nitrogen and oxygen atoms in total. The molecule has 0 aliphatic carbocycles. The lowest BCUT2D eigenvalue weighted by Gasteiger charge is -2.23. The van der Waals surface area contributed by atoms with Crippen molar-refractivity contribution in [3.8, 4) is 6.07 Å². The van der Waals surface area contributed by atoms with E-state index in [1.807, 2.05) is 12.1 Å². The van der Waals surface area contributed by atoms with Gasteiger partial charge in [-0.15, -0.1) is 0 Å². The van der Waals surface area contributed by atoms with E-state index in [4.69, 9.17) is 10.00 Å². The first-order valence-corrected chi connectivity index (χ1v) is 8.96. The van der Waals surface area contributed by atoms with Gasteiger partial charge in [-0.25, -0.2) is 0 Å². The minimum atomic E-state index is -0.992. The Morgan fingerprint density at radius 3 is 2.14 bits per heavy atom. The predicted octanol–water partition coefficient (Wildman–Crippen LogP) is 1.48. The molecule has 2 atom stereocenters. The molecule has 0 saturated carbocycles. The Bertz CT molecular complexity index is 816. The molecular weight excluding hydrogens is 358 g/mol. The summed E-state index contributed by atoms with van der Waals surface area (Å²) >= 11 is 0. The molecule has 0 radical (unpaired) electrons. The van der Waals surface area contributed by atoms with Gasteiger partial charge in [0, 0.05) is 30.8 Å². The SMILES string of the molecule is CCO[C@H](CNC(=O)c1ccc(C#N)cc1)[C@@H](O)CNC(=O)c1ccccc1. The van der Waals surface area contributed by atoms with E-state index in [1.165, 1.54) is 0 Å². The second-order valence-corrected chi connectivity index (χ2v) is 6.04. The molecule has 7 heteroatoms. The summed E-state index contributed by atoms with van der Waals surface area (Å²) in [6, 6.07) is 16.9. The highest BCUT2D eigenvalue weighted by Gasteiger charge is 2.21. The number of carbonyl (C=O) groups excluding carboxylic acids is 2. The minimum absolute atomic E-state index is 0.00880. The number of aliphatic hydroxyl groups is 1. The molecule has 2 aromatic rings. The Morgan fingerprint density at radius 2 is 1.57 bits per heavy atom. The molecule has 2 amide bonds. The maximum Gasteiger partial charge on any atom is 0.251 e. The molecular formula is C21H23N3O4. The van der Waals surface area contributed by atoms with Gasteiger partial charge in [-0.05, 0) is 43.3 Å². The van der Waals surface area contributed by atoms with Crippen molar-refractivity contribution in [3.63, 3.8) is 0 Å². The number of benzene rings is 2. The van der Waals surface area contributed by atoms with Gasteiger partial charge < -0.3 is 20.5 Å². The number of hydrogen-bond donors (Lipinski definition) is 3. The molecule has 2 rings (SSSR count). The molecule has 2 aromatic carbocycles. The predicted molar refractivity (Wildman–Crippen MR) is 104 cm³/mol.